The number of esters is 1. The molecule has 0 aromatic carbocycles. The second-order valence-corrected chi connectivity index (χ2v) is 16.6. The van der Waals surface area contributed by atoms with E-state index in [1.807, 2.05) is 0 Å². The predicted octanol–water partition coefficient (Wildman–Crippen LogP) is 12.6. The van der Waals surface area contributed by atoms with Gasteiger partial charge in [0.25, 0.3) is 0 Å². The Morgan fingerprint density at radius 3 is 1.49 bits per heavy atom. The molecule has 0 saturated heterocycles. The first-order valence-electron chi connectivity index (χ1n) is 22.7. The molecule has 0 radical (unpaired) electrons. The molecule has 0 saturated carbocycles. The lowest BCUT2D eigenvalue weighted by molar-refractivity contribution is -0.154. The van der Waals surface area contributed by atoms with E-state index in [-0.39, 0.29) is 13.0 Å². The van der Waals surface area contributed by atoms with Crippen LogP contribution in [0.5, 0.6) is 0 Å². The molecule has 0 rings (SSSR count). The lowest BCUT2D eigenvalue weighted by atomic mass is 10.1. The predicted molar refractivity (Wildman–Crippen MR) is 235 cm³/mol. The maximum absolute atomic E-state index is 12.6. The maximum Gasteiger partial charge on any atom is 0.472 e. The van der Waals surface area contributed by atoms with Crippen molar-refractivity contribution in [3.63, 3.8) is 0 Å². The van der Waals surface area contributed by atoms with E-state index in [1.165, 1.54) is 89.9 Å². The Bertz CT molecular complexity index is 1090. The minimum absolute atomic E-state index is 0.00667. The molecule has 0 aliphatic heterocycles. The van der Waals surface area contributed by atoms with Gasteiger partial charge in [-0.2, -0.15) is 0 Å². The molecule has 332 valence electrons. The Morgan fingerprint density at radius 1 is 0.561 bits per heavy atom. The van der Waals surface area contributed by atoms with Crippen LogP contribution < -0.4 is 5.73 Å². The average molecular weight is 826 g/mol. The normalized spacial score (nSPS) is 14.3. The number of nitrogens with two attached hydrogens (primary N) is 1. The molecular formula is C46H84NO9P. The summed E-state index contributed by atoms with van der Waals surface area (Å²) >= 11 is 0. The van der Waals surface area contributed by atoms with Gasteiger partial charge in [-0.25, -0.2) is 4.57 Å². The third-order valence-electron chi connectivity index (χ3n) is 9.58. The Kier molecular flexibility index (Phi) is 40.5. The summed E-state index contributed by atoms with van der Waals surface area (Å²) in [6.45, 7) is 3.82. The van der Waals surface area contributed by atoms with Crippen LogP contribution in [0.15, 0.2) is 48.6 Å². The molecular weight excluding hydrogens is 741 g/mol. The molecule has 0 aromatic heterocycles. The van der Waals surface area contributed by atoms with Gasteiger partial charge in [0.05, 0.1) is 19.8 Å². The Hall–Kier alpha value is -2.07. The molecule has 0 aliphatic rings. The minimum atomic E-state index is -4.62. The third kappa shape index (κ3) is 41.9. The number of phosphoric acid groups is 1. The standard InChI is InChI=1S/C46H84NO9P/c1-3-5-7-9-11-13-15-17-19-21-22-23-24-26-28-30-32-34-36-38-45(48)56-43(41-54-57(51,52)55-42-44(47)46(49)50)40-53-39-37-35-33-31-29-27-25-20-18-16-14-12-10-8-6-4-2/h11,13,17-20,22-23,43-44H,3-10,12,14-16,21,24-42,47H2,1-2H3,(H,49,50)(H,51,52)/b13-11-,19-17-,20-18-,23-22-. The average Bonchev–Trinajstić information content (AvgIpc) is 3.19. The van der Waals surface area contributed by atoms with Crippen molar-refractivity contribution in [2.24, 2.45) is 5.73 Å². The van der Waals surface area contributed by atoms with Crippen LogP contribution in [0.2, 0.25) is 0 Å². The fourth-order valence-electron chi connectivity index (χ4n) is 6.02. The SMILES string of the molecule is CCCCC/C=C\C/C=C\C/C=C\CCCCCCCCC(=O)OC(COCCCCCCCC/C=C\CCCCCCCC)COP(=O)(O)OCC(N)C(=O)O. The van der Waals surface area contributed by atoms with Crippen molar-refractivity contribution in [1.29, 1.82) is 0 Å². The third-order valence-corrected chi connectivity index (χ3v) is 10.5. The van der Waals surface area contributed by atoms with E-state index in [1.54, 1.807) is 0 Å². The Balaban J connectivity index is 4.26. The van der Waals surface area contributed by atoms with Gasteiger partial charge in [-0.3, -0.25) is 18.6 Å². The highest BCUT2D eigenvalue weighted by Crippen LogP contribution is 2.43. The second kappa shape index (κ2) is 42.1. The summed E-state index contributed by atoms with van der Waals surface area (Å²) in [7, 11) is -4.62. The summed E-state index contributed by atoms with van der Waals surface area (Å²) < 4.78 is 33.4. The lowest BCUT2D eigenvalue weighted by Crippen LogP contribution is -2.34. The van der Waals surface area contributed by atoms with Gasteiger partial charge in [-0.15, -0.1) is 0 Å². The summed E-state index contributed by atoms with van der Waals surface area (Å²) in [6.07, 6.45) is 48.7. The largest absolute Gasteiger partial charge is 0.480 e. The monoisotopic (exact) mass is 826 g/mol. The highest BCUT2D eigenvalue weighted by Gasteiger charge is 2.27. The Labute approximate surface area is 348 Å². The van der Waals surface area contributed by atoms with Gasteiger partial charge < -0.3 is 25.2 Å². The zero-order valence-electron chi connectivity index (χ0n) is 36.2. The molecule has 4 N–H and O–H groups in total. The van der Waals surface area contributed by atoms with Gasteiger partial charge in [0.2, 0.25) is 0 Å². The van der Waals surface area contributed by atoms with Crippen molar-refractivity contribution < 1.29 is 42.7 Å². The lowest BCUT2D eigenvalue weighted by Gasteiger charge is -2.20. The highest BCUT2D eigenvalue weighted by molar-refractivity contribution is 7.47. The molecule has 11 heteroatoms. The van der Waals surface area contributed by atoms with Gasteiger partial charge >= 0.3 is 19.8 Å². The van der Waals surface area contributed by atoms with E-state index in [9.17, 15) is 19.0 Å². The number of ether oxygens (including phenoxy) is 2. The quantitative estimate of drug-likeness (QED) is 0.0234. The van der Waals surface area contributed by atoms with E-state index in [2.05, 4.69) is 62.5 Å². The number of aliphatic carboxylic acids is 1. The molecule has 0 heterocycles. The van der Waals surface area contributed by atoms with Crippen LogP contribution in [-0.4, -0.2) is 60.5 Å². The van der Waals surface area contributed by atoms with Crippen LogP contribution >= 0.6 is 7.82 Å². The van der Waals surface area contributed by atoms with E-state index >= 15 is 0 Å². The van der Waals surface area contributed by atoms with Crippen LogP contribution in [0.1, 0.15) is 194 Å². The van der Waals surface area contributed by atoms with Crippen LogP contribution in [0.4, 0.5) is 0 Å². The van der Waals surface area contributed by atoms with Crippen LogP contribution in [0, 0.1) is 0 Å². The van der Waals surface area contributed by atoms with Crippen LogP contribution in [-0.2, 0) is 32.7 Å². The van der Waals surface area contributed by atoms with E-state index in [4.69, 9.17) is 29.4 Å². The molecule has 10 nitrogen and oxygen atoms in total. The van der Waals surface area contributed by atoms with E-state index < -0.39 is 45.1 Å². The van der Waals surface area contributed by atoms with Crippen molar-refractivity contribution in [1.82, 2.24) is 0 Å². The zero-order valence-corrected chi connectivity index (χ0v) is 37.1. The number of carbonyl (C=O) groups is 2. The van der Waals surface area contributed by atoms with Gasteiger partial charge in [-0.1, -0.05) is 159 Å². The number of carboxylic acid groups (broad SMARTS) is 1. The molecule has 0 amide bonds. The van der Waals surface area contributed by atoms with Gasteiger partial charge in [0.15, 0.2) is 0 Å². The topological polar surface area (TPSA) is 155 Å². The smallest absolute Gasteiger partial charge is 0.472 e. The number of hydrogen-bond acceptors (Lipinski definition) is 8. The molecule has 3 atom stereocenters. The van der Waals surface area contributed by atoms with E-state index in [0.717, 1.165) is 77.0 Å². The van der Waals surface area contributed by atoms with Gasteiger partial charge in [0, 0.05) is 13.0 Å². The maximum atomic E-state index is 12.6. The number of carbonyl (C=O) groups excluding carboxylic acids is 1. The first-order valence-corrected chi connectivity index (χ1v) is 24.2. The fourth-order valence-corrected chi connectivity index (χ4v) is 6.79. The minimum Gasteiger partial charge on any atom is -0.480 e. The van der Waals surface area contributed by atoms with Crippen LogP contribution in [0.25, 0.3) is 0 Å². The fraction of sp³-hybridized carbons (Fsp3) is 0.783. The van der Waals surface area contributed by atoms with Gasteiger partial charge in [-0.05, 0) is 77.0 Å². The van der Waals surface area contributed by atoms with Crippen molar-refractivity contribution >= 4 is 19.8 Å². The Morgan fingerprint density at radius 2 is 0.965 bits per heavy atom. The summed E-state index contributed by atoms with van der Waals surface area (Å²) in [4.78, 5) is 33.6. The molecule has 0 fully saturated rings. The van der Waals surface area contributed by atoms with Crippen LogP contribution in [0.3, 0.4) is 0 Å². The number of carboxylic acids is 1. The van der Waals surface area contributed by atoms with Crippen molar-refractivity contribution in [2.45, 2.75) is 206 Å². The summed E-state index contributed by atoms with van der Waals surface area (Å²) in [6, 6.07) is -1.48. The highest BCUT2D eigenvalue weighted by atomic mass is 31.2. The second-order valence-electron chi connectivity index (χ2n) is 15.2. The summed E-state index contributed by atoms with van der Waals surface area (Å²) in [5.41, 5.74) is 5.36. The number of phosphoric ester groups is 1. The number of unbranched alkanes of at least 4 members (excludes halogenated alkanes) is 21. The molecule has 0 bridgehead atoms. The number of rotatable bonds is 43. The molecule has 0 aromatic rings. The first-order chi connectivity index (χ1) is 27.7. The molecule has 0 aliphatic carbocycles. The number of hydrogen-bond donors (Lipinski definition) is 3. The summed E-state index contributed by atoms with van der Waals surface area (Å²) in [5, 5.41) is 8.90. The molecule has 0 spiro atoms. The zero-order chi connectivity index (χ0) is 41.9. The first kappa shape index (κ1) is 54.9. The molecule has 57 heavy (non-hydrogen) atoms. The van der Waals surface area contributed by atoms with Crippen molar-refractivity contribution in [3.8, 4) is 0 Å². The van der Waals surface area contributed by atoms with Crippen molar-refractivity contribution in [2.75, 3.05) is 26.4 Å². The molecule has 3 unspecified atom stereocenters. The summed E-state index contributed by atoms with van der Waals surface area (Å²) in [5.74, 6) is -1.79. The van der Waals surface area contributed by atoms with Gasteiger partial charge in [0.1, 0.15) is 12.1 Å². The van der Waals surface area contributed by atoms with E-state index in [0.29, 0.717) is 13.0 Å². The van der Waals surface area contributed by atoms with Crippen molar-refractivity contribution in [3.05, 3.63) is 48.6 Å². The number of allylic oxidation sites excluding steroid dienone is 8.